The van der Waals surface area contributed by atoms with Crippen molar-refractivity contribution in [3.63, 3.8) is 0 Å². The fourth-order valence-electron chi connectivity index (χ4n) is 2.08. The van der Waals surface area contributed by atoms with Crippen molar-refractivity contribution in [2.75, 3.05) is 0 Å². The van der Waals surface area contributed by atoms with Gasteiger partial charge in [0, 0.05) is 9.86 Å². The highest BCUT2D eigenvalue weighted by Gasteiger charge is 2.15. The van der Waals surface area contributed by atoms with Crippen LogP contribution in [0.4, 0.5) is 0 Å². The highest BCUT2D eigenvalue weighted by atomic mass is 79.9. The quantitative estimate of drug-likeness (QED) is 0.385. The Labute approximate surface area is 143 Å². The van der Waals surface area contributed by atoms with Crippen molar-refractivity contribution in [2.24, 2.45) is 0 Å². The average molecular weight is 389 g/mol. The van der Waals surface area contributed by atoms with Crippen LogP contribution in [0.1, 0.15) is 20.0 Å². The largest absolute Gasteiger partial charge is 0.422 e. The van der Waals surface area contributed by atoms with E-state index in [0.717, 1.165) is 11.3 Å². The van der Waals surface area contributed by atoms with Gasteiger partial charge in [0.2, 0.25) is 4.74 Å². The molecule has 0 radical (unpaired) electrons. The zero-order chi connectivity index (χ0) is 16.4. The summed E-state index contributed by atoms with van der Waals surface area (Å²) in [6.45, 7) is 0. The summed E-state index contributed by atoms with van der Waals surface area (Å²) in [5.41, 5.74) is 0.259. The highest BCUT2D eigenvalue weighted by Crippen LogP contribution is 2.24. The van der Waals surface area contributed by atoms with Crippen LogP contribution in [-0.4, -0.2) is 12.3 Å². The molecule has 6 heteroatoms. The first-order valence-electron chi connectivity index (χ1n) is 6.58. The Kier molecular flexibility index (Phi) is 4.36. The number of carbonyl (C=O) groups excluding carboxylic acids is 2. The number of ether oxygens (including phenoxy) is 1. The van der Waals surface area contributed by atoms with E-state index in [1.807, 2.05) is 0 Å². The van der Waals surface area contributed by atoms with Crippen molar-refractivity contribution in [2.45, 2.75) is 0 Å². The molecule has 3 rings (SSSR count). The van der Waals surface area contributed by atoms with E-state index in [4.69, 9.17) is 4.74 Å². The topological polar surface area (TPSA) is 60.4 Å². The van der Waals surface area contributed by atoms with E-state index in [1.165, 1.54) is 6.07 Å². The lowest BCUT2D eigenvalue weighted by Gasteiger charge is -2.07. The number of hydrogen-bond acceptors (Lipinski definition) is 5. The van der Waals surface area contributed by atoms with Gasteiger partial charge in [0.1, 0.15) is 10.6 Å². The normalized spacial score (nSPS) is 10.5. The standard InChI is InChI=1S/C17H9BrO4S/c18-12-6-5-11(9-19)14(8-12)22-16(20)15-7-10-3-1-2-4-13(10)17(21)23-15/h1-9H. The lowest BCUT2D eigenvalue weighted by atomic mass is 10.2. The Morgan fingerprint density at radius 3 is 2.70 bits per heavy atom. The summed E-state index contributed by atoms with van der Waals surface area (Å²) in [5, 5.41) is 1.23. The molecule has 3 aromatic rings. The first-order valence-corrected chi connectivity index (χ1v) is 8.19. The van der Waals surface area contributed by atoms with Crippen LogP contribution < -0.4 is 9.48 Å². The van der Waals surface area contributed by atoms with Crippen molar-refractivity contribution >= 4 is 50.3 Å². The first kappa shape index (κ1) is 15.6. The summed E-state index contributed by atoms with van der Waals surface area (Å²) in [5.74, 6) is -0.522. The van der Waals surface area contributed by atoms with Gasteiger partial charge in [0.05, 0.1) is 5.56 Å². The Bertz CT molecular complexity index is 978. The third-order valence-corrected chi connectivity index (χ3v) is 4.58. The minimum absolute atomic E-state index is 0.146. The van der Waals surface area contributed by atoms with E-state index in [9.17, 15) is 14.4 Å². The minimum atomic E-state index is -0.668. The molecule has 1 aromatic heterocycles. The van der Waals surface area contributed by atoms with E-state index in [1.54, 1.807) is 42.5 Å². The first-order chi connectivity index (χ1) is 11.1. The molecule has 0 N–H and O–H groups in total. The van der Waals surface area contributed by atoms with Gasteiger partial charge in [0.25, 0.3) is 0 Å². The molecule has 0 aliphatic rings. The van der Waals surface area contributed by atoms with Crippen LogP contribution in [-0.2, 0) is 0 Å². The molecular weight excluding hydrogens is 380 g/mol. The summed E-state index contributed by atoms with van der Waals surface area (Å²) in [7, 11) is 0. The third kappa shape index (κ3) is 3.23. The van der Waals surface area contributed by atoms with Gasteiger partial charge in [-0.3, -0.25) is 9.59 Å². The van der Waals surface area contributed by atoms with Crippen molar-refractivity contribution in [3.05, 3.63) is 73.0 Å². The van der Waals surface area contributed by atoms with Gasteiger partial charge in [0.15, 0.2) is 6.29 Å². The summed E-state index contributed by atoms with van der Waals surface area (Å²) in [6.07, 6.45) is 0.609. The van der Waals surface area contributed by atoms with E-state index >= 15 is 0 Å². The van der Waals surface area contributed by atoms with E-state index in [0.29, 0.717) is 21.5 Å². The molecule has 0 aliphatic heterocycles. The average Bonchev–Trinajstić information content (AvgIpc) is 2.55. The minimum Gasteiger partial charge on any atom is -0.422 e. The third-order valence-electron chi connectivity index (χ3n) is 3.18. The second-order valence-corrected chi connectivity index (χ2v) is 6.61. The van der Waals surface area contributed by atoms with E-state index in [-0.39, 0.29) is 20.9 Å². The highest BCUT2D eigenvalue weighted by molar-refractivity contribution is 9.10. The Balaban J connectivity index is 2.00. The maximum atomic E-state index is 12.3. The zero-order valence-electron chi connectivity index (χ0n) is 11.6. The molecular formula is C17H9BrO4S. The lowest BCUT2D eigenvalue weighted by Crippen LogP contribution is -2.11. The second kappa shape index (κ2) is 6.44. The molecule has 0 unspecified atom stereocenters. The van der Waals surface area contributed by atoms with E-state index in [2.05, 4.69) is 15.9 Å². The van der Waals surface area contributed by atoms with Gasteiger partial charge in [-0.05, 0) is 35.7 Å². The Morgan fingerprint density at radius 1 is 1.13 bits per heavy atom. The molecule has 114 valence electrons. The van der Waals surface area contributed by atoms with Crippen molar-refractivity contribution < 1.29 is 14.3 Å². The molecule has 23 heavy (non-hydrogen) atoms. The fraction of sp³-hybridized carbons (Fsp3) is 0. The van der Waals surface area contributed by atoms with Gasteiger partial charge in [-0.15, -0.1) is 0 Å². The van der Waals surface area contributed by atoms with Crippen LogP contribution in [0.25, 0.3) is 10.8 Å². The van der Waals surface area contributed by atoms with Crippen molar-refractivity contribution in [1.82, 2.24) is 0 Å². The molecule has 4 nitrogen and oxygen atoms in total. The lowest BCUT2D eigenvalue weighted by molar-refractivity contribution is 0.0738. The Morgan fingerprint density at radius 2 is 1.91 bits per heavy atom. The number of rotatable bonds is 3. The van der Waals surface area contributed by atoms with Crippen LogP contribution >= 0.6 is 27.3 Å². The summed E-state index contributed by atoms with van der Waals surface area (Å²) in [4.78, 5) is 35.6. The summed E-state index contributed by atoms with van der Waals surface area (Å²) >= 11 is 4.08. The monoisotopic (exact) mass is 388 g/mol. The molecule has 0 fully saturated rings. The smallest absolute Gasteiger partial charge is 0.353 e. The van der Waals surface area contributed by atoms with Gasteiger partial charge < -0.3 is 4.74 Å². The van der Waals surface area contributed by atoms with Gasteiger partial charge in [-0.25, -0.2) is 4.79 Å². The Hall–Kier alpha value is -2.31. The van der Waals surface area contributed by atoms with E-state index < -0.39 is 5.97 Å². The second-order valence-electron chi connectivity index (χ2n) is 4.67. The molecule has 0 atom stereocenters. The van der Waals surface area contributed by atoms with Crippen molar-refractivity contribution in [3.8, 4) is 5.75 Å². The maximum Gasteiger partial charge on any atom is 0.353 e. The van der Waals surface area contributed by atoms with Crippen LogP contribution in [0.2, 0.25) is 0 Å². The van der Waals surface area contributed by atoms with Crippen LogP contribution in [0.3, 0.4) is 0 Å². The molecule has 1 heterocycles. The van der Waals surface area contributed by atoms with Crippen LogP contribution in [0, 0.1) is 0 Å². The molecule has 0 spiro atoms. The zero-order valence-corrected chi connectivity index (χ0v) is 14.0. The number of esters is 1. The molecule has 0 saturated heterocycles. The number of fused-ring (bicyclic) bond motifs is 1. The summed E-state index contributed by atoms with van der Waals surface area (Å²) < 4.78 is 5.75. The predicted octanol–water partition coefficient (Wildman–Crippen LogP) is 4.06. The van der Waals surface area contributed by atoms with Gasteiger partial charge in [-0.2, -0.15) is 0 Å². The maximum absolute atomic E-state index is 12.3. The molecule has 2 aromatic carbocycles. The molecule has 0 saturated carbocycles. The van der Waals surface area contributed by atoms with Gasteiger partial charge >= 0.3 is 5.97 Å². The van der Waals surface area contributed by atoms with Crippen LogP contribution in [0.5, 0.6) is 5.75 Å². The van der Waals surface area contributed by atoms with Crippen LogP contribution in [0.15, 0.2) is 57.8 Å². The molecule has 0 aliphatic carbocycles. The number of halogens is 1. The number of carbonyl (C=O) groups is 2. The number of benzene rings is 2. The molecule has 0 bridgehead atoms. The predicted molar refractivity (Wildman–Crippen MR) is 92.6 cm³/mol. The van der Waals surface area contributed by atoms with Gasteiger partial charge in [-0.1, -0.05) is 45.5 Å². The number of hydrogen-bond donors (Lipinski definition) is 0. The van der Waals surface area contributed by atoms with Crippen molar-refractivity contribution in [1.29, 1.82) is 0 Å². The fourth-order valence-corrected chi connectivity index (χ4v) is 3.23. The summed E-state index contributed by atoms with van der Waals surface area (Å²) in [6, 6.07) is 13.4. The number of aldehydes is 1. The SMILES string of the molecule is O=Cc1ccc(Br)cc1OC(=O)c1cc2ccccc2c(=O)s1. The molecule has 0 amide bonds.